The number of rotatable bonds is 4. The summed E-state index contributed by atoms with van der Waals surface area (Å²) < 4.78 is 13.2. The third-order valence-corrected chi connectivity index (χ3v) is 3.42. The Morgan fingerprint density at radius 3 is 2.84 bits per heavy atom. The summed E-state index contributed by atoms with van der Waals surface area (Å²) in [4.78, 5) is 15.3. The van der Waals surface area contributed by atoms with Gasteiger partial charge in [-0.05, 0) is 44.0 Å². The van der Waals surface area contributed by atoms with Crippen LogP contribution in [0.5, 0.6) is 0 Å². The minimum Gasteiger partial charge on any atom is -0.361 e. The fraction of sp³-hybridized carbons (Fsp3) is 0.400. The Hall–Kier alpha value is -1.84. The zero-order chi connectivity index (χ0) is 14.0. The van der Waals surface area contributed by atoms with Gasteiger partial charge >= 0.3 is 0 Å². The second-order valence-electron chi connectivity index (χ2n) is 5.27. The van der Waals surface area contributed by atoms with Gasteiger partial charge in [-0.25, -0.2) is 4.39 Å². The summed E-state index contributed by atoms with van der Waals surface area (Å²) in [6.45, 7) is 6.44. The van der Waals surface area contributed by atoms with E-state index in [-0.39, 0.29) is 11.7 Å². The summed E-state index contributed by atoms with van der Waals surface area (Å²) in [6, 6.07) is 4.57. The van der Waals surface area contributed by atoms with Crippen LogP contribution in [0.3, 0.4) is 0 Å². The highest BCUT2D eigenvalue weighted by Crippen LogP contribution is 2.30. The molecule has 1 heterocycles. The number of carbonyl (C=O) groups is 1. The molecule has 1 amide bonds. The summed E-state index contributed by atoms with van der Waals surface area (Å²) in [6.07, 6.45) is 2.69. The maximum atomic E-state index is 13.2. The van der Waals surface area contributed by atoms with Crippen molar-refractivity contribution in [2.75, 3.05) is 6.54 Å². The number of carbonyl (C=O) groups excluding carboxylic acids is 1. The van der Waals surface area contributed by atoms with Crippen molar-refractivity contribution in [1.82, 2.24) is 10.3 Å². The van der Waals surface area contributed by atoms with Crippen molar-refractivity contribution < 1.29 is 9.18 Å². The summed E-state index contributed by atoms with van der Waals surface area (Å²) >= 11 is 0. The molecule has 0 unspecified atom stereocenters. The summed E-state index contributed by atoms with van der Waals surface area (Å²) in [5, 5.41) is 3.80. The Kier molecular flexibility index (Phi) is 3.60. The molecule has 0 radical (unpaired) electrons. The van der Waals surface area contributed by atoms with Crippen LogP contribution in [0.4, 0.5) is 4.39 Å². The molecule has 0 aliphatic heterocycles. The quantitative estimate of drug-likeness (QED) is 0.873. The molecule has 0 aliphatic carbocycles. The Labute approximate surface area is 112 Å². The fourth-order valence-electron chi connectivity index (χ4n) is 2.20. The van der Waals surface area contributed by atoms with E-state index in [9.17, 15) is 9.18 Å². The molecule has 0 saturated carbocycles. The van der Waals surface area contributed by atoms with Crippen molar-refractivity contribution >= 4 is 16.8 Å². The zero-order valence-electron chi connectivity index (χ0n) is 11.5. The van der Waals surface area contributed by atoms with Crippen molar-refractivity contribution in [2.45, 2.75) is 32.6 Å². The Morgan fingerprint density at radius 2 is 2.16 bits per heavy atom. The number of aromatic nitrogens is 1. The third-order valence-electron chi connectivity index (χ3n) is 3.42. The van der Waals surface area contributed by atoms with Crippen LogP contribution in [0.2, 0.25) is 0 Å². The number of hydrogen-bond donors (Lipinski definition) is 2. The largest absolute Gasteiger partial charge is 0.361 e. The first-order valence-corrected chi connectivity index (χ1v) is 6.52. The minimum atomic E-state index is -0.648. The molecule has 0 aliphatic rings. The molecule has 2 rings (SSSR count). The number of nitrogens with one attached hydrogen (secondary N) is 2. The Bertz CT molecular complexity index is 601. The van der Waals surface area contributed by atoms with Gasteiger partial charge in [-0.15, -0.1) is 0 Å². The van der Waals surface area contributed by atoms with Crippen LogP contribution in [0, 0.1) is 5.82 Å². The third kappa shape index (κ3) is 2.48. The van der Waals surface area contributed by atoms with Crippen molar-refractivity contribution in [1.29, 1.82) is 0 Å². The smallest absolute Gasteiger partial charge is 0.230 e. The lowest BCUT2D eigenvalue weighted by Crippen LogP contribution is -2.40. The van der Waals surface area contributed by atoms with Crippen LogP contribution in [0.15, 0.2) is 24.4 Å². The van der Waals surface area contributed by atoms with Gasteiger partial charge in [0.2, 0.25) is 5.91 Å². The van der Waals surface area contributed by atoms with E-state index in [0.29, 0.717) is 12.1 Å². The molecule has 0 bridgehead atoms. The molecule has 0 fully saturated rings. The van der Waals surface area contributed by atoms with Gasteiger partial charge in [0.25, 0.3) is 0 Å². The Balaban J connectivity index is 2.40. The highest BCUT2D eigenvalue weighted by atomic mass is 19.1. The highest BCUT2D eigenvalue weighted by Gasteiger charge is 2.31. The van der Waals surface area contributed by atoms with E-state index in [1.165, 1.54) is 12.1 Å². The zero-order valence-corrected chi connectivity index (χ0v) is 11.5. The molecule has 0 spiro atoms. The number of halogens is 1. The van der Waals surface area contributed by atoms with Gasteiger partial charge in [-0.2, -0.15) is 0 Å². The SMILES string of the molecule is CCCNC(=O)C(C)(C)c1c[nH]c2cc(F)ccc12. The van der Waals surface area contributed by atoms with Crippen LogP contribution in [-0.4, -0.2) is 17.4 Å². The van der Waals surface area contributed by atoms with Crippen LogP contribution in [0.1, 0.15) is 32.8 Å². The molecular weight excluding hydrogens is 243 g/mol. The monoisotopic (exact) mass is 262 g/mol. The topological polar surface area (TPSA) is 44.9 Å². The maximum absolute atomic E-state index is 13.2. The lowest BCUT2D eigenvalue weighted by molar-refractivity contribution is -0.125. The van der Waals surface area contributed by atoms with Gasteiger partial charge in [0, 0.05) is 23.6 Å². The average Bonchev–Trinajstić information content (AvgIpc) is 2.79. The number of hydrogen-bond acceptors (Lipinski definition) is 1. The number of amides is 1. The van der Waals surface area contributed by atoms with Crippen molar-refractivity contribution in [3.05, 3.63) is 35.8 Å². The van der Waals surface area contributed by atoms with E-state index in [1.807, 2.05) is 20.8 Å². The standard InChI is InChI=1S/C15H19FN2O/c1-4-7-17-14(19)15(2,3)12-9-18-13-8-10(16)5-6-11(12)13/h5-6,8-9,18H,4,7H2,1-3H3,(H,17,19). The lowest BCUT2D eigenvalue weighted by atomic mass is 9.83. The number of fused-ring (bicyclic) bond motifs is 1. The first kappa shape index (κ1) is 13.6. The molecule has 1 aromatic heterocycles. The normalized spacial score (nSPS) is 11.8. The molecule has 1 aromatic carbocycles. The van der Waals surface area contributed by atoms with E-state index in [1.54, 1.807) is 12.3 Å². The maximum Gasteiger partial charge on any atom is 0.230 e. The molecule has 0 atom stereocenters. The predicted octanol–water partition coefficient (Wildman–Crippen LogP) is 3.11. The Morgan fingerprint density at radius 1 is 1.42 bits per heavy atom. The van der Waals surface area contributed by atoms with Crippen molar-refractivity contribution in [3.8, 4) is 0 Å². The molecular formula is C15H19FN2O. The first-order chi connectivity index (χ1) is 8.96. The average molecular weight is 262 g/mol. The minimum absolute atomic E-state index is 0.0143. The molecule has 19 heavy (non-hydrogen) atoms. The van der Waals surface area contributed by atoms with Gasteiger partial charge in [0.05, 0.1) is 5.41 Å². The second-order valence-corrected chi connectivity index (χ2v) is 5.27. The van der Waals surface area contributed by atoms with E-state index < -0.39 is 5.41 Å². The number of aromatic amines is 1. The van der Waals surface area contributed by atoms with Crippen LogP contribution in [-0.2, 0) is 10.2 Å². The van der Waals surface area contributed by atoms with E-state index in [4.69, 9.17) is 0 Å². The first-order valence-electron chi connectivity index (χ1n) is 6.52. The van der Waals surface area contributed by atoms with Crippen molar-refractivity contribution in [2.24, 2.45) is 0 Å². The second kappa shape index (κ2) is 5.03. The van der Waals surface area contributed by atoms with Crippen LogP contribution in [0.25, 0.3) is 10.9 Å². The van der Waals surface area contributed by atoms with Gasteiger partial charge in [0.15, 0.2) is 0 Å². The van der Waals surface area contributed by atoms with Crippen molar-refractivity contribution in [3.63, 3.8) is 0 Å². The predicted molar refractivity (Wildman–Crippen MR) is 74.6 cm³/mol. The molecule has 102 valence electrons. The summed E-state index contributed by atoms with van der Waals surface area (Å²) in [5.74, 6) is -0.297. The van der Waals surface area contributed by atoms with Gasteiger partial charge in [-0.3, -0.25) is 4.79 Å². The molecule has 2 aromatic rings. The molecule has 4 heteroatoms. The van der Waals surface area contributed by atoms with Crippen LogP contribution < -0.4 is 5.32 Å². The number of benzene rings is 1. The van der Waals surface area contributed by atoms with Gasteiger partial charge < -0.3 is 10.3 Å². The van der Waals surface area contributed by atoms with Crippen LogP contribution >= 0.6 is 0 Å². The highest BCUT2D eigenvalue weighted by molar-refractivity contribution is 5.94. The van der Waals surface area contributed by atoms with E-state index in [2.05, 4.69) is 10.3 Å². The van der Waals surface area contributed by atoms with Gasteiger partial charge in [-0.1, -0.05) is 6.92 Å². The lowest BCUT2D eigenvalue weighted by Gasteiger charge is -2.23. The fourth-order valence-corrected chi connectivity index (χ4v) is 2.20. The molecule has 3 nitrogen and oxygen atoms in total. The van der Waals surface area contributed by atoms with E-state index in [0.717, 1.165) is 17.4 Å². The number of H-pyrrole nitrogens is 1. The summed E-state index contributed by atoms with van der Waals surface area (Å²) in [5.41, 5.74) is 0.952. The molecule has 0 saturated heterocycles. The molecule has 2 N–H and O–H groups in total. The summed E-state index contributed by atoms with van der Waals surface area (Å²) in [7, 11) is 0. The van der Waals surface area contributed by atoms with E-state index >= 15 is 0 Å². The van der Waals surface area contributed by atoms with Gasteiger partial charge in [0.1, 0.15) is 5.82 Å².